The van der Waals surface area contributed by atoms with E-state index in [0.717, 1.165) is 6.07 Å². The molecule has 0 saturated heterocycles. The number of halogens is 1. The van der Waals surface area contributed by atoms with E-state index in [0.29, 0.717) is 5.69 Å². The molecule has 0 atom stereocenters. The van der Waals surface area contributed by atoms with E-state index in [1.807, 2.05) is 0 Å². The summed E-state index contributed by atoms with van der Waals surface area (Å²) in [5.41, 5.74) is 0.0523. The lowest BCUT2D eigenvalue weighted by Crippen LogP contribution is -2.12. The minimum atomic E-state index is -1.25. The van der Waals surface area contributed by atoms with Crippen LogP contribution in [0.3, 0.4) is 0 Å². The average Bonchev–Trinajstić information content (AvgIpc) is 2.45. The lowest BCUT2D eigenvalue weighted by Gasteiger charge is -2.19. The fourth-order valence-corrected chi connectivity index (χ4v) is 1.91. The van der Waals surface area contributed by atoms with Gasteiger partial charge in [-0.3, -0.25) is 10.1 Å². The molecule has 2 aromatic carbocycles. The summed E-state index contributed by atoms with van der Waals surface area (Å²) in [7, 11) is 1.54. The molecule has 0 unspecified atom stereocenters. The molecule has 0 aliphatic rings. The molecular formula is C14H11FN2O4. The van der Waals surface area contributed by atoms with E-state index in [2.05, 4.69) is 0 Å². The summed E-state index contributed by atoms with van der Waals surface area (Å²) >= 11 is 0. The molecule has 108 valence electrons. The van der Waals surface area contributed by atoms with Gasteiger partial charge in [0, 0.05) is 18.8 Å². The monoisotopic (exact) mass is 290 g/mol. The third-order valence-electron chi connectivity index (χ3n) is 2.98. The molecule has 7 heteroatoms. The maximum atomic E-state index is 13.2. The molecule has 0 fully saturated rings. The summed E-state index contributed by atoms with van der Waals surface area (Å²) in [6.45, 7) is 0. The predicted octanol–water partition coefficient (Wildman–Crippen LogP) is 3.20. The molecule has 0 radical (unpaired) electrons. The van der Waals surface area contributed by atoms with E-state index < -0.39 is 16.7 Å². The van der Waals surface area contributed by atoms with Crippen molar-refractivity contribution in [3.8, 4) is 0 Å². The van der Waals surface area contributed by atoms with Gasteiger partial charge in [0.1, 0.15) is 11.5 Å². The maximum Gasteiger partial charge on any atom is 0.335 e. The van der Waals surface area contributed by atoms with Gasteiger partial charge < -0.3 is 10.0 Å². The van der Waals surface area contributed by atoms with Crippen LogP contribution in [-0.4, -0.2) is 23.0 Å². The van der Waals surface area contributed by atoms with E-state index in [1.54, 1.807) is 6.07 Å². The van der Waals surface area contributed by atoms with Crippen LogP contribution in [0.25, 0.3) is 0 Å². The van der Waals surface area contributed by atoms with Gasteiger partial charge in [-0.25, -0.2) is 9.18 Å². The van der Waals surface area contributed by atoms with Crippen LogP contribution in [0.1, 0.15) is 10.4 Å². The molecule has 0 aliphatic heterocycles. The van der Waals surface area contributed by atoms with Crippen LogP contribution in [-0.2, 0) is 0 Å². The fourth-order valence-electron chi connectivity index (χ4n) is 1.91. The first-order valence-corrected chi connectivity index (χ1v) is 5.91. The van der Waals surface area contributed by atoms with Crippen LogP contribution in [0.4, 0.5) is 21.5 Å². The maximum absolute atomic E-state index is 13.2. The summed E-state index contributed by atoms with van der Waals surface area (Å²) in [6.07, 6.45) is 0. The number of nitro benzene ring substituents is 1. The van der Waals surface area contributed by atoms with E-state index in [4.69, 9.17) is 5.11 Å². The highest BCUT2D eigenvalue weighted by Gasteiger charge is 2.20. The van der Waals surface area contributed by atoms with Crippen LogP contribution in [0, 0.1) is 15.9 Å². The molecule has 0 bridgehead atoms. The number of carboxylic acid groups (broad SMARTS) is 1. The van der Waals surface area contributed by atoms with Gasteiger partial charge >= 0.3 is 5.97 Å². The molecule has 0 aliphatic carbocycles. The highest BCUT2D eigenvalue weighted by molar-refractivity contribution is 5.90. The average molecular weight is 290 g/mol. The number of carbonyl (C=O) groups is 1. The summed E-state index contributed by atoms with van der Waals surface area (Å²) in [6, 6.07) is 9.14. The Morgan fingerprint density at radius 1 is 1.29 bits per heavy atom. The summed E-state index contributed by atoms with van der Waals surface area (Å²) < 4.78 is 13.2. The number of aromatic carboxylic acids is 1. The molecule has 0 aromatic heterocycles. The van der Waals surface area contributed by atoms with Crippen molar-refractivity contribution in [2.45, 2.75) is 0 Å². The van der Waals surface area contributed by atoms with Crippen LogP contribution in [0.2, 0.25) is 0 Å². The smallest absolute Gasteiger partial charge is 0.335 e. The van der Waals surface area contributed by atoms with Gasteiger partial charge in [-0.2, -0.15) is 0 Å². The highest BCUT2D eigenvalue weighted by atomic mass is 19.1. The van der Waals surface area contributed by atoms with Gasteiger partial charge in [-0.05, 0) is 30.3 Å². The van der Waals surface area contributed by atoms with Gasteiger partial charge in [0.25, 0.3) is 5.69 Å². The molecule has 0 amide bonds. The van der Waals surface area contributed by atoms with Crippen molar-refractivity contribution in [1.82, 2.24) is 0 Å². The number of nitrogens with zero attached hydrogens (tertiary/aromatic N) is 2. The number of rotatable bonds is 4. The number of hydrogen-bond donors (Lipinski definition) is 1. The zero-order valence-electron chi connectivity index (χ0n) is 11.0. The van der Waals surface area contributed by atoms with E-state index in [1.165, 1.54) is 42.3 Å². The Bertz CT molecular complexity index is 718. The molecule has 2 aromatic rings. The largest absolute Gasteiger partial charge is 0.478 e. The second kappa shape index (κ2) is 5.58. The molecule has 2 rings (SSSR count). The minimum absolute atomic E-state index is 0.176. The molecule has 6 nitrogen and oxygen atoms in total. The Kier molecular flexibility index (Phi) is 3.84. The first-order valence-electron chi connectivity index (χ1n) is 5.91. The van der Waals surface area contributed by atoms with Crippen molar-refractivity contribution in [2.24, 2.45) is 0 Å². The second-order valence-corrected chi connectivity index (χ2v) is 4.30. The standard InChI is InChI=1S/C14H11FN2O4/c1-16(11-4-2-3-10(15)8-11)12-6-5-9(14(18)19)7-13(12)17(20)21/h2-8H,1H3,(H,18,19). The number of nitro groups is 1. The van der Waals surface area contributed by atoms with Gasteiger partial charge in [-0.15, -0.1) is 0 Å². The van der Waals surface area contributed by atoms with Gasteiger partial charge in [-0.1, -0.05) is 6.07 Å². The Morgan fingerprint density at radius 3 is 2.57 bits per heavy atom. The number of anilines is 2. The SMILES string of the molecule is CN(c1cccc(F)c1)c1ccc(C(=O)O)cc1[N+](=O)[O-]. The van der Waals surface area contributed by atoms with E-state index in [-0.39, 0.29) is 16.9 Å². The Hall–Kier alpha value is -2.96. The van der Waals surface area contributed by atoms with Crippen LogP contribution >= 0.6 is 0 Å². The lowest BCUT2D eigenvalue weighted by molar-refractivity contribution is -0.384. The van der Waals surface area contributed by atoms with Gasteiger partial charge in [0.05, 0.1) is 10.5 Å². The van der Waals surface area contributed by atoms with Crippen molar-refractivity contribution in [1.29, 1.82) is 0 Å². The molecule has 21 heavy (non-hydrogen) atoms. The Balaban J connectivity index is 2.52. The quantitative estimate of drug-likeness (QED) is 0.690. The third-order valence-corrected chi connectivity index (χ3v) is 2.98. The second-order valence-electron chi connectivity index (χ2n) is 4.30. The van der Waals surface area contributed by atoms with Crippen LogP contribution in [0.15, 0.2) is 42.5 Å². The van der Waals surface area contributed by atoms with Crippen molar-refractivity contribution in [3.63, 3.8) is 0 Å². The molecular weight excluding hydrogens is 279 g/mol. The van der Waals surface area contributed by atoms with Crippen molar-refractivity contribution in [2.75, 3.05) is 11.9 Å². The van der Waals surface area contributed by atoms with Crippen molar-refractivity contribution >= 4 is 23.0 Å². The fraction of sp³-hybridized carbons (Fsp3) is 0.0714. The van der Waals surface area contributed by atoms with Crippen molar-refractivity contribution < 1.29 is 19.2 Å². The normalized spacial score (nSPS) is 10.2. The molecule has 0 spiro atoms. The zero-order chi connectivity index (χ0) is 15.6. The highest BCUT2D eigenvalue weighted by Crippen LogP contribution is 2.33. The molecule has 0 heterocycles. The summed E-state index contributed by atoms with van der Waals surface area (Å²) in [5.74, 6) is -1.72. The van der Waals surface area contributed by atoms with Crippen LogP contribution < -0.4 is 4.90 Å². The summed E-state index contributed by atoms with van der Waals surface area (Å²) in [5, 5.41) is 20.0. The number of carboxylic acids is 1. The van der Waals surface area contributed by atoms with E-state index in [9.17, 15) is 19.3 Å². The minimum Gasteiger partial charge on any atom is -0.478 e. The number of benzene rings is 2. The van der Waals surface area contributed by atoms with Gasteiger partial charge in [0.2, 0.25) is 0 Å². The zero-order valence-corrected chi connectivity index (χ0v) is 11.0. The van der Waals surface area contributed by atoms with E-state index >= 15 is 0 Å². The first-order chi connectivity index (χ1) is 9.90. The molecule has 1 N–H and O–H groups in total. The Labute approximate surface area is 119 Å². The topological polar surface area (TPSA) is 83.7 Å². The number of hydrogen-bond acceptors (Lipinski definition) is 4. The Morgan fingerprint density at radius 2 is 2.00 bits per heavy atom. The molecule has 0 saturated carbocycles. The predicted molar refractivity (Wildman–Crippen MR) is 74.5 cm³/mol. The van der Waals surface area contributed by atoms with Crippen molar-refractivity contribution in [3.05, 3.63) is 64.0 Å². The first kappa shape index (κ1) is 14.4. The van der Waals surface area contributed by atoms with Crippen LogP contribution in [0.5, 0.6) is 0 Å². The lowest BCUT2D eigenvalue weighted by atomic mass is 10.1. The summed E-state index contributed by atoms with van der Waals surface area (Å²) in [4.78, 5) is 22.8. The van der Waals surface area contributed by atoms with Gasteiger partial charge in [0.15, 0.2) is 0 Å². The third kappa shape index (κ3) is 2.97.